The summed E-state index contributed by atoms with van der Waals surface area (Å²) in [6, 6.07) is 17.0. The fourth-order valence-electron chi connectivity index (χ4n) is 4.11. The zero-order chi connectivity index (χ0) is 20.5. The highest BCUT2D eigenvalue weighted by Crippen LogP contribution is 2.29. The lowest BCUT2D eigenvalue weighted by Gasteiger charge is -2.24. The second-order valence-electron chi connectivity index (χ2n) is 7.78. The molecule has 30 heavy (non-hydrogen) atoms. The monoisotopic (exact) mass is 416 g/mol. The van der Waals surface area contributed by atoms with Gasteiger partial charge in [-0.15, -0.1) is 0 Å². The molecule has 1 fully saturated rings. The Kier molecular flexibility index (Phi) is 5.29. The average Bonchev–Trinajstić information content (AvgIpc) is 3.23. The Hall–Kier alpha value is -2.67. The molecule has 2 unspecified atom stereocenters. The molecule has 0 saturated carbocycles. The number of hydrogen-bond acceptors (Lipinski definition) is 4. The summed E-state index contributed by atoms with van der Waals surface area (Å²) in [7, 11) is 0. The summed E-state index contributed by atoms with van der Waals surface area (Å²) >= 11 is -1.02. The Morgan fingerprint density at radius 3 is 2.67 bits per heavy atom. The van der Waals surface area contributed by atoms with Crippen LogP contribution in [0.15, 0.2) is 72.0 Å². The van der Waals surface area contributed by atoms with Crippen molar-refractivity contribution in [2.45, 2.75) is 30.2 Å². The van der Waals surface area contributed by atoms with Crippen molar-refractivity contribution in [3.05, 3.63) is 72.7 Å². The summed E-state index contributed by atoms with van der Waals surface area (Å²) < 4.78 is 13.6. The third kappa shape index (κ3) is 3.74. The third-order valence-corrected chi connectivity index (χ3v) is 6.71. The second-order valence-corrected chi connectivity index (χ2v) is 9.16. The Balaban J connectivity index is 1.44. The molecule has 1 N–H and O–H groups in total. The van der Waals surface area contributed by atoms with Crippen molar-refractivity contribution in [2.75, 3.05) is 12.8 Å². The van der Waals surface area contributed by atoms with Gasteiger partial charge in [-0.25, -0.2) is 9.50 Å². The number of hydrogen-bond donors (Lipinski definition) is 1. The molecule has 1 aliphatic rings. The Labute approximate surface area is 179 Å². The Morgan fingerprint density at radius 1 is 1.03 bits per heavy atom. The van der Waals surface area contributed by atoms with E-state index in [0.717, 1.165) is 39.3 Å². The van der Waals surface area contributed by atoms with Crippen LogP contribution < -0.4 is 5.32 Å². The highest BCUT2D eigenvalue weighted by atomic mass is 32.2. The van der Waals surface area contributed by atoms with Crippen molar-refractivity contribution in [3.8, 4) is 22.3 Å². The molecule has 4 aromatic rings. The van der Waals surface area contributed by atoms with E-state index in [1.807, 2.05) is 47.4 Å². The number of rotatable bonds is 4. The average molecular weight is 417 g/mol. The molecule has 2 aromatic heterocycles. The largest absolute Gasteiger partial charge is 0.612 e. The summed E-state index contributed by atoms with van der Waals surface area (Å²) in [6.45, 7) is 1.10. The molecule has 0 bridgehead atoms. The van der Waals surface area contributed by atoms with Crippen molar-refractivity contribution in [1.82, 2.24) is 19.9 Å². The molecular formula is C24H24N4OS. The van der Waals surface area contributed by atoms with Crippen LogP contribution in [0.3, 0.4) is 0 Å². The van der Waals surface area contributed by atoms with E-state index in [-0.39, 0.29) is 0 Å². The fourth-order valence-corrected chi connectivity index (χ4v) is 4.68. The van der Waals surface area contributed by atoms with Gasteiger partial charge in [-0.3, -0.25) is 0 Å². The molecule has 2 atom stereocenters. The van der Waals surface area contributed by atoms with Crippen LogP contribution in [0.5, 0.6) is 0 Å². The maximum atomic E-state index is 11.8. The fraction of sp³-hybridized carbons (Fsp3) is 0.250. The molecule has 0 amide bonds. The molecule has 0 radical (unpaired) electrons. The van der Waals surface area contributed by atoms with E-state index in [1.165, 1.54) is 24.8 Å². The van der Waals surface area contributed by atoms with Gasteiger partial charge < -0.3 is 9.87 Å². The quantitative estimate of drug-likeness (QED) is 0.493. The van der Waals surface area contributed by atoms with Crippen molar-refractivity contribution in [3.63, 3.8) is 0 Å². The standard InChI is InChI=1S/C24H24N4OS/c1-30(29)21-6-4-5-19(13-21)22-15-27-28-16-20(14-26-24(22)28)17-8-10-18(11-9-17)23-7-2-3-12-25-23/h4-6,8-11,13-16,23,25H,2-3,7,12H2,1H3. The summed E-state index contributed by atoms with van der Waals surface area (Å²) in [4.78, 5) is 5.49. The zero-order valence-corrected chi connectivity index (χ0v) is 17.7. The van der Waals surface area contributed by atoms with E-state index < -0.39 is 11.2 Å². The summed E-state index contributed by atoms with van der Waals surface area (Å²) in [5.74, 6) is 0. The molecule has 3 heterocycles. The second kappa shape index (κ2) is 8.22. The lowest BCUT2D eigenvalue weighted by Crippen LogP contribution is -2.26. The van der Waals surface area contributed by atoms with E-state index in [1.54, 1.807) is 6.26 Å². The number of nitrogens with zero attached hydrogens (tertiary/aromatic N) is 3. The maximum Gasteiger partial charge on any atom is 0.162 e. The number of piperidine rings is 1. The van der Waals surface area contributed by atoms with Crippen LogP contribution in [-0.4, -0.2) is 32.0 Å². The van der Waals surface area contributed by atoms with Gasteiger partial charge in [0.25, 0.3) is 0 Å². The molecule has 5 nitrogen and oxygen atoms in total. The highest BCUT2D eigenvalue weighted by molar-refractivity contribution is 7.90. The van der Waals surface area contributed by atoms with Crippen LogP contribution in [0.2, 0.25) is 0 Å². The topological polar surface area (TPSA) is 65.3 Å². The number of aromatic nitrogens is 3. The minimum atomic E-state index is -1.02. The smallest absolute Gasteiger partial charge is 0.162 e. The molecule has 1 aliphatic heterocycles. The normalized spacial score (nSPS) is 17.9. The van der Waals surface area contributed by atoms with Crippen LogP contribution >= 0.6 is 0 Å². The van der Waals surface area contributed by atoms with Crippen molar-refractivity contribution in [1.29, 1.82) is 0 Å². The molecule has 2 aromatic carbocycles. The molecule has 0 aliphatic carbocycles. The van der Waals surface area contributed by atoms with Crippen LogP contribution in [-0.2, 0) is 11.2 Å². The number of nitrogens with one attached hydrogen (secondary N) is 1. The molecule has 0 spiro atoms. The first-order valence-corrected chi connectivity index (χ1v) is 11.9. The van der Waals surface area contributed by atoms with Gasteiger partial charge in [0.15, 0.2) is 10.5 Å². The molecular weight excluding hydrogens is 392 g/mol. The highest BCUT2D eigenvalue weighted by Gasteiger charge is 2.15. The van der Waals surface area contributed by atoms with Crippen LogP contribution in [0.4, 0.5) is 0 Å². The van der Waals surface area contributed by atoms with Gasteiger partial charge in [0.05, 0.1) is 6.20 Å². The summed E-state index contributed by atoms with van der Waals surface area (Å²) in [6.07, 6.45) is 11.2. The molecule has 152 valence electrons. The van der Waals surface area contributed by atoms with Crippen molar-refractivity contribution in [2.24, 2.45) is 0 Å². The van der Waals surface area contributed by atoms with Gasteiger partial charge in [0.2, 0.25) is 0 Å². The predicted molar refractivity (Wildman–Crippen MR) is 121 cm³/mol. The van der Waals surface area contributed by atoms with Crippen molar-refractivity contribution < 1.29 is 4.55 Å². The van der Waals surface area contributed by atoms with Crippen molar-refractivity contribution >= 4 is 16.8 Å². The van der Waals surface area contributed by atoms with E-state index in [0.29, 0.717) is 6.04 Å². The van der Waals surface area contributed by atoms with Gasteiger partial charge in [-0.2, -0.15) is 5.10 Å². The third-order valence-electron chi connectivity index (χ3n) is 5.79. The first kappa shape index (κ1) is 19.3. The Bertz CT molecular complexity index is 1160. The van der Waals surface area contributed by atoms with E-state index in [2.05, 4.69) is 34.7 Å². The molecule has 6 heteroatoms. The molecule has 5 rings (SSSR count). The summed E-state index contributed by atoms with van der Waals surface area (Å²) in [5.41, 5.74) is 6.21. The SMILES string of the molecule is C[S+]([O-])c1cccc(-c2cnn3cc(-c4ccc(C5CCCCN5)cc4)cnc23)c1. The van der Waals surface area contributed by atoms with Gasteiger partial charge in [-0.1, -0.05) is 42.8 Å². The minimum Gasteiger partial charge on any atom is -0.612 e. The lowest BCUT2D eigenvalue weighted by atomic mass is 9.96. The maximum absolute atomic E-state index is 11.8. The predicted octanol–water partition coefficient (Wildman–Crippen LogP) is 4.62. The minimum absolute atomic E-state index is 0.468. The van der Waals surface area contributed by atoms with Crippen LogP contribution in [0.25, 0.3) is 27.9 Å². The van der Waals surface area contributed by atoms with Crippen LogP contribution in [0.1, 0.15) is 30.9 Å². The Morgan fingerprint density at radius 2 is 1.90 bits per heavy atom. The van der Waals surface area contributed by atoms with E-state index in [9.17, 15) is 4.55 Å². The number of benzene rings is 2. The first-order chi connectivity index (χ1) is 14.7. The van der Waals surface area contributed by atoms with E-state index >= 15 is 0 Å². The van der Waals surface area contributed by atoms with Gasteiger partial charge in [0.1, 0.15) is 6.26 Å². The van der Waals surface area contributed by atoms with Crippen LogP contribution in [0, 0.1) is 0 Å². The first-order valence-electron chi connectivity index (χ1n) is 10.3. The van der Waals surface area contributed by atoms with E-state index in [4.69, 9.17) is 4.98 Å². The van der Waals surface area contributed by atoms with Gasteiger partial charge >= 0.3 is 0 Å². The zero-order valence-electron chi connectivity index (χ0n) is 16.9. The molecule has 1 saturated heterocycles. The summed E-state index contributed by atoms with van der Waals surface area (Å²) in [5, 5.41) is 8.12. The lowest BCUT2D eigenvalue weighted by molar-refractivity contribution is 0.412. The van der Waals surface area contributed by atoms with Gasteiger partial charge in [-0.05, 0) is 53.3 Å². The van der Waals surface area contributed by atoms with Gasteiger partial charge in [0, 0.05) is 35.6 Å². The number of fused-ring (bicyclic) bond motifs is 1.